The van der Waals surface area contributed by atoms with E-state index in [1.165, 1.54) is 19.0 Å². The Hall–Kier alpha value is -3.16. The lowest BCUT2D eigenvalue weighted by Crippen LogP contribution is -2.37. The monoisotopic (exact) mass is 355 g/mol. The minimum atomic E-state index is -0.728. The van der Waals surface area contributed by atoms with E-state index in [9.17, 15) is 14.4 Å². The molecule has 4 amide bonds. The highest BCUT2D eigenvalue weighted by molar-refractivity contribution is 6.05. The number of likely N-dealkylation sites (N-methyl/N-ethyl adjacent to an activating group) is 2. The number of benzene rings is 1. The molecule has 0 aliphatic carbocycles. The van der Waals surface area contributed by atoms with E-state index in [4.69, 9.17) is 0 Å². The standard InChI is InChI=1S/C18H21N5O3/c1-21-15(17(25)22(2)18(21)26)10-16(24)19-9-8-13-11-20-23(12-13)14-6-4-3-5-7-14/h3-7,11-12,15H,8-10H2,1-2H3,(H,19,24). The molecule has 1 aromatic heterocycles. The Labute approximate surface area is 151 Å². The largest absolute Gasteiger partial charge is 0.356 e. The third-order valence-electron chi connectivity index (χ3n) is 4.44. The van der Waals surface area contributed by atoms with E-state index >= 15 is 0 Å². The van der Waals surface area contributed by atoms with E-state index in [0.29, 0.717) is 13.0 Å². The van der Waals surface area contributed by atoms with Gasteiger partial charge >= 0.3 is 6.03 Å². The van der Waals surface area contributed by atoms with Crippen molar-refractivity contribution in [3.8, 4) is 5.69 Å². The Bertz CT molecular complexity index is 817. The number of nitrogens with one attached hydrogen (secondary N) is 1. The zero-order chi connectivity index (χ0) is 18.7. The molecule has 0 radical (unpaired) electrons. The predicted octanol–water partition coefficient (Wildman–Crippen LogP) is 0.813. The quantitative estimate of drug-likeness (QED) is 0.777. The van der Waals surface area contributed by atoms with Crippen LogP contribution >= 0.6 is 0 Å². The van der Waals surface area contributed by atoms with Crippen molar-refractivity contribution in [2.45, 2.75) is 18.9 Å². The highest BCUT2D eigenvalue weighted by atomic mass is 16.2. The molecular formula is C18H21N5O3. The van der Waals surface area contributed by atoms with Crippen LogP contribution < -0.4 is 5.32 Å². The van der Waals surface area contributed by atoms with Gasteiger partial charge in [0, 0.05) is 26.8 Å². The fraction of sp³-hybridized carbons (Fsp3) is 0.333. The summed E-state index contributed by atoms with van der Waals surface area (Å²) in [6, 6.07) is 8.65. The second-order valence-corrected chi connectivity index (χ2v) is 6.24. The number of imide groups is 1. The van der Waals surface area contributed by atoms with Crippen molar-refractivity contribution >= 4 is 17.8 Å². The van der Waals surface area contributed by atoms with Gasteiger partial charge in [-0.05, 0) is 24.1 Å². The van der Waals surface area contributed by atoms with E-state index in [1.54, 1.807) is 10.9 Å². The van der Waals surface area contributed by atoms with E-state index in [0.717, 1.165) is 16.2 Å². The van der Waals surface area contributed by atoms with Crippen molar-refractivity contribution in [3.63, 3.8) is 0 Å². The summed E-state index contributed by atoms with van der Waals surface area (Å²) >= 11 is 0. The molecule has 1 aliphatic rings. The maximum atomic E-state index is 12.1. The van der Waals surface area contributed by atoms with E-state index in [1.807, 2.05) is 36.5 Å². The predicted molar refractivity (Wildman–Crippen MR) is 94.6 cm³/mol. The first-order valence-electron chi connectivity index (χ1n) is 8.37. The van der Waals surface area contributed by atoms with Crippen molar-refractivity contribution in [2.24, 2.45) is 0 Å². The fourth-order valence-electron chi connectivity index (χ4n) is 2.88. The number of amides is 4. The van der Waals surface area contributed by atoms with Crippen LogP contribution in [0.3, 0.4) is 0 Å². The number of nitrogens with zero attached hydrogens (tertiary/aromatic N) is 4. The van der Waals surface area contributed by atoms with Gasteiger partial charge in [0.1, 0.15) is 6.04 Å². The summed E-state index contributed by atoms with van der Waals surface area (Å²) < 4.78 is 1.78. The molecule has 0 spiro atoms. The molecule has 0 bridgehead atoms. The Kier molecular flexibility index (Phi) is 5.01. The smallest absolute Gasteiger partial charge is 0.326 e. The second-order valence-electron chi connectivity index (χ2n) is 6.24. The van der Waals surface area contributed by atoms with Crippen LogP contribution in [0.1, 0.15) is 12.0 Å². The molecular weight excluding hydrogens is 334 g/mol. The highest BCUT2D eigenvalue weighted by Crippen LogP contribution is 2.16. The number of para-hydroxylation sites is 1. The average molecular weight is 355 g/mol. The average Bonchev–Trinajstić information content (AvgIpc) is 3.19. The van der Waals surface area contributed by atoms with Crippen molar-refractivity contribution in [3.05, 3.63) is 48.3 Å². The zero-order valence-electron chi connectivity index (χ0n) is 14.8. The molecule has 26 heavy (non-hydrogen) atoms. The van der Waals surface area contributed by atoms with Crippen LogP contribution in [0.5, 0.6) is 0 Å². The number of hydrogen-bond acceptors (Lipinski definition) is 4. The van der Waals surface area contributed by atoms with Crippen molar-refractivity contribution < 1.29 is 14.4 Å². The van der Waals surface area contributed by atoms with Gasteiger partial charge < -0.3 is 10.2 Å². The molecule has 1 aliphatic heterocycles. The van der Waals surface area contributed by atoms with Crippen LogP contribution in [0, 0.1) is 0 Å². The first-order chi connectivity index (χ1) is 12.5. The SMILES string of the molecule is CN1C(=O)C(CC(=O)NCCc2cnn(-c3ccccc3)c2)N(C)C1=O. The molecule has 8 nitrogen and oxygen atoms in total. The normalized spacial score (nSPS) is 17.1. The molecule has 136 valence electrons. The van der Waals surface area contributed by atoms with Crippen molar-refractivity contribution in [1.82, 2.24) is 24.9 Å². The van der Waals surface area contributed by atoms with Gasteiger partial charge in [0.2, 0.25) is 5.91 Å². The topological polar surface area (TPSA) is 87.5 Å². The molecule has 0 saturated carbocycles. The molecule has 1 saturated heterocycles. The lowest BCUT2D eigenvalue weighted by molar-refractivity contribution is -0.131. The fourth-order valence-corrected chi connectivity index (χ4v) is 2.88. The summed E-state index contributed by atoms with van der Waals surface area (Å²) in [5.41, 5.74) is 1.97. The maximum absolute atomic E-state index is 12.1. The number of carbonyl (C=O) groups is 3. The van der Waals surface area contributed by atoms with Crippen molar-refractivity contribution in [1.29, 1.82) is 0 Å². The molecule has 3 rings (SSSR count). The first-order valence-corrected chi connectivity index (χ1v) is 8.37. The van der Waals surface area contributed by atoms with Crippen molar-refractivity contribution in [2.75, 3.05) is 20.6 Å². The highest BCUT2D eigenvalue weighted by Gasteiger charge is 2.41. The van der Waals surface area contributed by atoms with E-state index in [2.05, 4.69) is 10.4 Å². The summed E-state index contributed by atoms with van der Waals surface area (Å²) in [5, 5.41) is 7.11. The third kappa shape index (κ3) is 3.58. The maximum Gasteiger partial charge on any atom is 0.326 e. The first kappa shape index (κ1) is 17.7. The molecule has 1 unspecified atom stereocenters. The molecule has 1 atom stereocenters. The van der Waals surface area contributed by atoms with Crippen LogP contribution in [0.15, 0.2) is 42.7 Å². The molecule has 1 fully saturated rings. The summed E-state index contributed by atoms with van der Waals surface area (Å²) in [6.07, 6.45) is 4.28. The number of urea groups is 1. The summed E-state index contributed by atoms with van der Waals surface area (Å²) in [7, 11) is 2.95. The molecule has 1 N–H and O–H groups in total. The van der Waals surface area contributed by atoms with Crippen LogP contribution in [0.2, 0.25) is 0 Å². The molecule has 2 heterocycles. The van der Waals surface area contributed by atoms with Gasteiger partial charge in [0.25, 0.3) is 5.91 Å². The minimum Gasteiger partial charge on any atom is -0.356 e. The van der Waals surface area contributed by atoms with E-state index in [-0.39, 0.29) is 24.3 Å². The number of rotatable bonds is 6. The van der Waals surface area contributed by atoms with Crippen LogP contribution in [0.4, 0.5) is 4.79 Å². The zero-order valence-corrected chi connectivity index (χ0v) is 14.8. The summed E-state index contributed by atoms with van der Waals surface area (Å²) in [4.78, 5) is 38.1. The molecule has 2 aromatic rings. The lowest BCUT2D eigenvalue weighted by atomic mass is 10.1. The number of carbonyl (C=O) groups excluding carboxylic acids is 3. The Balaban J connectivity index is 1.48. The summed E-state index contributed by atoms with van der Waals surface area (Å²) in [5.74, 6) is -0.606. The van der Waals surface area contributed by atoms with Gasteiger partial charge in [-0.1, -0.05) is 18.2 Å². The Morgan fingerprint density at radius 2 is 1.92 bits per heavy atom. The van der Waals surface area contributed by atoms with Crippen LogP contribution in [-0.2, 0) is 16.0 Å². The molecule has 1 aromatic carbocycles. The number of hydrogen-bond donors (Lipinski definition) is 1. The van der Waals surface area contributed by atoms with Crippen LogP contribution in [-0.4, -0.2) is 64.1 Å². The van der Waals surface area contributed by atoms with Gasteiger partial charge in [0.15, 0.2) is 0 Å². The Morgan fingerprint density at radius 1 is 1.19 bits per heavy atom. The van der Waals surface area contributed by atoms with Gasteiger partial charge in [-0.3, -0.25) is 14.5 Å². The van der Waals surface area contributed by atoms with Gasteiger partial charge in [-0.2, -0.15) is 5.10 Å². The van der Waals surface area contributed by atoms with Crippen LogP contribution in [0.25, 0.3) is 5.69 Å². The molecule has 8 heteroatoms. The summed E-state index contributed by atoms with van der Waals surface area (Å²) in [6.45, 7) is 0.438. The van der Waals surface area contributed by atoms with Gasteiger partial charge in [0.05, 0.1) is 18.3 Å². The number of aromatic nitrogens is 2. The van der Waals surface area contributed by atoms with Gasteiger partial charge in [-0.15, -0.1) is 0 Å². The van der Waals surface area contributed by atoms with Gasteiger partial charge in [-0.25, -0.2) is 9.48 Å². The Morgan fingerprint density at radius 3 is 2.58 bits per heavy atom. The lowest BCUT2D eigenvalue weighted by Gasteiger charge is -2.15. The van der Waals surface area contributed by atoms with E-state index < -0.39 is 6.04 Å². The second kappa shape index (κ2) is 7.38. The third-order valence-corrected chi connectivity index (χ3v) is 4.44. The minimum absolute atomic E-state index is 0.0330.